The Morgan fingerprint density at radius 1 is 0.879 bits per heavy atom. The van der Waals surface area contributed by atoms with Crippen molar-refractivity contribution >= 4 is 17.6 Å². The number of nitrogens with two attached hydrogens (primary N) is 1. The molecule has 170 valence electrons. The Labute approximate surface area is 179 Å². The number of hydrogen-bond acceptors (Lipinski definition) is 5. The molecule has 0 saturated heterocycles. The zero-order valence-electron chi connectivity index (χ0n) is 15.9. The average molecular weight is 469 g/mol. The van der Waals surface area contributed by atoms with Crippen molar-refractivity contribution in [1.82, 2.24) is 9.88 Å². The second kappa shape index (κ2) is 7.39. The first-order chi connectivity index (χ1) is 15.4. The molecule has 0 fully saturated rings. The molecule has 3 aromatic rings. The average Bonchev–Trinajstić information content (AvgIpc) is 2.98. The van der Waals surface area contributed by atoms with E-state index in [1.54, 1.807) is 0 Å². The molecular formula is C20H9F6N3O4. The van der Waals surface area contributed by atoms with Gasteiger partial charge in [0.15, 0.2) is 29.0 Å². The maximum absolute atomic E-state index is 14.6. The van der Waals surface area contributed by atoms with E-state index in [2.05, 4.69) is 0 Å². The molecule has 1 aromatic heterocycles. The fourth-order valence-corrected chi connectivity index (χ4v) is 3.23. The molecule has 1 aliphatic heterocycles. The van der Waals surface area contributed by atoms with Crippen LogP contribution in [0.2, 0.25) is 0 Å². The molecule has 3 N–H and O–H groups in total. The first-order valence-corrected chi connectivity index (χ1v) is 8.84. The monoisotopic (exact) mass is 469 g/mol. The van der Waals surface area contributed by atoms with Gasteiger partial charge in [-0.25, -0.2) is 13.2 Å². The summed E-state index contributed by atoms with van der Waals surface area (Å²) < 4.78 is 86.9. The van der Waals surface area contributed by atoms with Crippen LogP contribution in [-0.4, -0.2) is 16.4 Å². The molecule has 33 heavy (non-hydrogen) atoms. The highest BCUT2D eigenvalue weighted by molar-refractivity contribution is 6.23. The van der Waals surface area contributed by atoms with Crippen LogP contribution in [0.3, 0.4) is 0 Å². The van der Waals surface area contributed by atoms with Gasteiger partial charge in [-0.1, -0.05) is 6.07 Å². The molecule has 13 heteroatoms. The number of imide groups is 1. The summed E-state index contributed by atoms with van der Waals surface area (Å²) in [7, 11) is 0. The number of ether oxygens (including phenoxy) is 1. The van der Waals surface area contributed by atoms with Crippen molar-refractivity contribution < 1.29 is 40.7 Å². The predicted molar refractivity (Wildman–Crippen MR) is 99.6 cm³/mol. The molecule has 0 saturated carbocycles. The lowest BCUT2D eigenvalue weighted by molar-refractivity contribution is -0.138. The van der Waals surface area contributed by atoms with Gasteiger partial charge < -0.3 is 10.5 Å². The van der Waals surface area contributed by atoms with Crippen LogP contribution in [-0.2, 0) is 6.18 Å². The quantitative estimate of drug-likeness (QED) is 0.451. The van der Waals surface area contributed by atoms with Gasteiger partial charge in [0.2, 0.25) is 0 Å². The number of nitrogens with zero attached hydrogens (tertiary/aromatic N) is 1. The van der Waals surface area contributed by atoms with Crippen molar-refractivity contribution in [3.05, 3.63) is 80.9 Å². The molecule has 2 aromatic carbocycles. The van der Waals surface area contributed by atoms with Gasteiger partial charge in [0.25, 0.3) is 17.4 Å². The molecular weight excluding hydrogens is 460 g/mol. The van der Waals surface area contributed by atoms with E-state index in [1.165, 1.54) is 0 Å². The van der Waals surface area contributed by atoms with Crippen LogP contribution < -0.4 is 21.3 Å². The molecule has 1 aliphatic rings. The molecule has 0 aliphatic carbocycles. The molecule has 4 rings (SSSR count). The van der Waals surface area contributed by atoms with Crippen molar-refractivity contribution in [2.75, 3.05) is 5.73 Å². The van der Waals surface area contributed by atoms with Crippen LogP contribution in [0.25, 0.3) is 5.69 Å². The lowest BCUT2D eigenvalue weighted by Gasteiger charge is -2.17. The smallest absolute Gasteiger partial charge is 0.416 e. The molecule has 7 nitrogen and oxygen atoms in total. The van der Waals surface area contributed by atoms with E-state index in [4.69, 9.17) is 10.5 Å². The van der Waals surface area contributed by atoms with Gasteiger partial charge in [-0.2, -0.15) is 13.2 Å². The number of carbonyl (C=O) groups excluding carboxylic acids is 2. The van der Waals surface area contributed by atoms with Crippen molar-refractivity contribution in [3.63, 3.8) is 0 Å². The topological polar surface area (TPSA) is 103 Å². The summed E-state index contributed by atoms with van der Waals surface area (Å²) in [4.78, 5) is 36.4. The fraction of sp³-hybridized carbons (Fsp3) is 0.0500. The number of rotatable bonds is 3. The number of hydrogen-bond donors (Lipinski definition) is 2. The van der Waals surface area contributed by atoms with Crippen molar-refractivity contribution in [2.24, 2.45) is 0 Å². The first kappa shape index (κ1) is 21.9. The lowest BCUT2D eigenvalue weighted by atomic mass is 10.1. The summed E-state index contributed by atoms with van der Waals surface area (Å²) >= 11 is 0. The lowest BCUT2D eigenvalue weighted by Crippen LogP contribution is -2.24. The highest BCUT2D eigenvalue weighted by Gasteiger charge is 2.34. The highest BCUT2D eigenvalue weighted by Crippen LogP contribution is 2.38. The summed E-state index contributed by atoms with van der Waals surface area (Å²) in [6.45, 7) is 0. The van der Waals surface area contributed by atoms with E-state index in [1.807, 2.05) is 5.32 Å². The Kier molecular flexibility index (Phi) is 4.91. The number of fused-ring (bicyclic) bond motifs is 1. The molecule has 0 bridgehead atoms. The number of alkyl halides is 3. The SMILES string of the molecule is Nc1c2c(cc(=O)n1-c1cccc(F)c1Oc1c(F)cc(C(F)(F)F)cc1F)C(=O)NC2=O. The summed E-state index contributed by atoms with van der Waals surface area (Å²) in [5.41, 5.74) is 1.91. The summed E-state index contributed by atoms with van der Waals surface area (Å²) in [5.74, 6) is -9.66. The third-order valence-electron chi connectivity index (χ3n) is 4.67. The zero-order valence-corrected chi connectivity index (χ0v) is 15.9. The number of benzene rings is 2. The Balaban J connectivity index is 1.90. The van der Waals surface area contributed by atoms with E-state index < -0.39 is 75.1 Å². The minimum atomic E-state index is -5.06. The largest absolute Gasteiger partial charge is 0.446 e. The minimum absolute atomic E-state index is 0.0508. The number of para-hydroxylation sites is 1. The Bertz CT molecular complexity index is 1390. The number of nitrogens with one attached hydrogen (secondary N) is 1. The van der Waals surface area contributed by atoms with Crippen molar-refractivity contribution in [1.29, 1.82) is 0 Å². The number of aromatic nitrogens is 1. The van der Waals surface area contributed by atoms with Gasteiger partial charge >= 0.3 is 6.18 Å². The molecule has 0 radical (unpaired) electrons. The highest BCUT2D eigenvalue weighted by atomic mass is 19.4. The van der Waals surface area contributed by atoms with Crippen LogP contribution in [0.4, 0.5) is 32.2 Å². The molecule has 2 amide bonds. The Morgan fingerprint density at radius 3 is 2.12 bits per heavy atom. The first-order valence-electron chi connectivity index (χ1n) is 8.84. The third kappa shape index (κ3) is 3.56. The maximum atomic E-state index is 14.6. The molecule has 0 spiro atoms. The molecule has 0 atom stereocenters. The number of anilines is 1. The number of nitrogen functional groups attached to an aromatic ring is 1. The van der Waals surface area contributed by atoms with Crippen molar-refractivity contribution in [3.8, 4) is 17.2 Å². The van der Waals surface area contributed by atoms with E-state index in [0.717, 1.165) is 24.3 Å². The summed E-state index contributed by atoms with van der Waals surface area (Å²) in [6.07, 6.45) is -5.06. The summed E-state index contributed by atoms with van der Waals surface area (Å²) in [5, 5.41) is 1.92. The maximum Gasteiger partial charge on any atom is 0.416 e. The van der Waals surface area contributed by atoms with Crippen LogP contribution in [0, 0.1) is 17.5 Å². The van der Waals surface area contributed by atoms with Crippen LogP contribution >= 0.6 is 0 Å². The van der Waals surface area contributed by atoms with Gasteiger partial charge in [0.1, 0.15) is 5.82 Å². The number of amides is 2. The van der Waals surface area contributed by atoms with Gasteiger partial charge in [0, 0.05) is 6.07 Å². The standard InChI is InChI=1S/C20H9F6N3O4/c21-9-2-1-3-12(29-13(30)6-8-14(17(29)27)19(32)28-18(8)31)16(9)33-15-10(22)4-7(5-11(15)23)20(24,25)26/h1-6H,27H2,(H,28,31,32). The fourth-order valence-electron chi connectivity index (χ4n) is 3.23. The van der Waals surface area contributed by atoms with Gasteiger partial charge in [-0.05, 0) is 24.3 Å². The zero-order chi connectivity index (χ0) is 24.2. The van der Waals surface area contributed by atoms with E-state index in [9.17, 15) is 40.7 Å². The number of pyridine rings is 1. The minimum Gasteiger partial charge on any atom is -0.446 e. The number of carbonyl (C=O) groups is 2. The number of halogens is 6. The predicted octanol–water partition coefficient (Wildman–Crippen LogP) is 3.53. The van der Waals surface area contributed by atoms with Gasteiger partial charge in [-0.15, -0.1) is 0 Å². The molecule has 2 heterocycles. The van der Waals surface area contributed by atoms with Gasteiger partial charge in [-0.3, -0.25) is 24.3 Å². The Morgan fingerprint density at radius 2 is 1.52 bits per heavy atom. The van der Waals surface area contributed by atoms with E-state index in [0.29, 0.717) is 4.57 Å². The third-order valence-corrected chi connectivity index (χ3v) is 4.67. The normalized spacial score (nSPS) is 13.2. The summed E-state index contributed by atoms with van der Waals surface area (Å²) in [6, 6.07) is 3.53. The molecule has 0 unspecified atom stereocenters. The van der Waals surface area contributed by atoms with Gasteiger partial charge in [0.05, 0.1) is 22.4 Å². The van der Waals surface area contributed by atoms with E-state index in [-0.39, 0.29) is 17.7 Å². The van der Waals surface area contributed by atoms with E-state index >= 15 is 0 Å². The van der Waals surface area contributed by atoms with Crippen LogP contribution in [0.1, 0.15) is 26.3 Å². The van der Waals surface area contributed by atoms with Crippen LogP contribution in [0.15, 0.2) is 41.2 Å². The van der Waals surface area contributed by atoms with Crippen LogP contribution in [0.5, 0.6) is 11.5 Å². The Hall–Kier alpha value is -4.29. The second-order valence-electron chi connectivity index (χ2n) is 6.73. The second-order valence-corrected chi connectivity index (χ2v) is 6.73. The van der Waals surface area contributed by atoms with Crippen molar-refractivity contribution in [2.45, 2.75) is 6.18 Å².